The first-order valence-electron chi connectivity index (χ1n) is 23.4. The van der Waals surface area contributed by atoms with Crippen molar-refractivity contribution in [2.24, 2.45) is 0 Å². The standard InChI is InChI=1S/C51H32N4O/c1-4-15-33(16-5-1)36-27-29-45-42(31-36)39-21-10-12-25-44(39)55(45)46-30-28-37(38-23-14-24-41-40-22-11-13-26-47(40)56-48(38)41)32-43(46)51-53-49(34-17-6-2-7-18-34)52-50(54-51)35-19-8-3-9-20-35/h1-32H/i1D,4D,5D,10D,15D,16D,21D,25D,27D,29D,31D. The SMILES string of the molecule is [2H]c1cc([2H])c2c(c1[2H])c1c([2H])c(-c3c([2H])c([2H])c([2H])c([2H])c3[2H])c([2H])c([2H])c1n2-c1ccc(-c2cccc3c2oc2ccccc23)cc1-c1nc(-c2ccccc2)nc(-c2ccccc2)n1. The average molecular weight is 728 g/mol. The first-order chi connectivity index (χ1) is 32.3. The Bertz CT molecular complexity index is 3810. The van der Waals surface area contributed by atoms with E-state index in [0.717, 1.165) is 16.3 Å². The van der Waals surface area contributed by atoms with Gasteiger partial charge in [-0.2, -0.15) is 0 Å². The fourth-order valence-corrected chi connectivity index (χ4v) is 7.28. The first-order valence-corrected chi connectivity index (χ1v) is 17.9. The molecule has 11 aromatic rings. The molecule has 5 heteroatoms. The number of para-hydroxylation sites is 3. The molecule has 3 heterocycles. The number of benzene rings is 8. The maximum Gasteiger partial charge on any atom is 0.166 e. The highest BCUT2D eigenvalue weighted by Gasteiger charge is 2.22. The highest BCUT2D eigenvalue weighted by Crippen LogP contribution is 2.41. The Labute approximate surface area is 338 Å². The Morgan fingerprint density at radius 1 is 0.429 bits per heavy atom. The molecule has 0 bridgehead atoms. The van der Waals surface area contributed by atoms with Crippen molar-refractivity contribution in [1.82, 2.24) is 19.5 Å². The van der Waals surface area contributed by atoms with Crippen LogP contribution < -0.4 is 0 Å². The van der Waals surface area contributed by atoms with E-state index < -0.39 is 59.5 Å². The van der Waals surface area contributed by atoms with Gasteiger partial charge in [0.25, 0.3) is 0 Å². The van der Waals surface area contributed by atoms with Gasteiger partial charge < -0.3 is 8.98 Å². The summed E-state index contributed by atoms with van der Waals surface area (Å²) in [5.41, 5.74) is 3.91. The Morgan fingerprint density at radius 3 is 1.91 bits per heavy atom. The van der Waals surface area contributed by atoms with Crippen molar-refractivity contribution in [3.63, 3.8) is 0 Å². The lowest BCUT2D eigenvalue weighted by molar-refractivity contribution is 0.670. The molecular weight excluding hydrogens is 685 g/mol. The van der Waals surface area contributed by atoms with Crippen LogP contribution >= 0.6 is 0 Å². The van der Waals surface area contributed by atoms with Gasteiger partial charge in [-0.1, -0.05) is 158 Å². The van der Waals surface area contributed by atoms with Gasteiger partial charge in [-0.05, 0) is 53.0 Å². The van der Waals surface area contributed by atoms with Gasteiger partial charge in [0.05, 0.1) is 31.8 Å². The topological polar surface area (TPSA) is 56.7 Å². The van der Waals surface area contributed by atoms with E-state index in [1.54, 1.807) is 6.07 Å². The van der Waals surface area contributed by atoms with Crippen LogP contribution in [-0.2, 0) is 0 Å². The summed E-state index contributed by atoms with van der Waals surface area (Å²) in [6, 6.07) is 33.1. The number of fused-ring (bicyclic) bond motifs is 6. The molecule has 0 fully saturated rings. The van der Waals surface area contributed by atoms with Crippen LogP contribution in [0.2, 0.25) is 0 Å². The van der Waals surface area contributed by atoms with E-state index in [2.05, 4.69) is 0 Å². The van der Waals surface area contributed by atoms with Crippen LogP contribution in [0.25, 0.3) is 106 Å². The number of hydrogen-bond donors (Lipinski definition) is 0. The van der Waals surface area contributed by atoms with Crippen LogP contribution in [0, 0.1) is 0 Å². The summed E-state index contributed by atoms with van der Waals surface area (Å²) in [7, 11) is 0. The van der Waals surface area contributed by atoms with E-state index in [1.807, 2.05) is 115 Å². The number of aromatic nitrogens is 4. The van der Waals surface area contributed by atoms with Crippen LogP contribution in [-0.4, -0.2) is 19.5 Å². The molecule has 8 aromatic carbocycles. The molecule has 11 rings (SSSR count). The molecule has 0 N–H and O–H groups in total. The summed E-state index contributed by atoms with van der Waals surface area (Å²) >= 11 is 0. The van der Waals surface area contributed by atoms with Gasteiger partial charge >= 0.3 is 0 Å². The summed E-state index contributed by atoms with van der Waals surface area (Å²) in [5, 5.41) is 1.65. The van der Waals surface area contributed by atoms with Crippen molar-refractivity contribution in [3.05, 3.63) is 194 Å². The van der Waals surface area contributed by atoms with Gasteiger partial charge in [-0.25, -0.2) is 15.0 Å². The van der Waals surface area contributed by atoms with Crippen molar-refractivity contribution in [2.45, 2.75) is 0 Å². The Kier molecular flexibility index (Phi) is 5.25. The van der Waals surface area contributed by atoms with E-state index in [1.165, 1.54) is 10.6 Å². The molecule has 0 radical (unpaired) electrons. The minimum absolute atomic E-state index is 0.0321. The second-order valence-corrected chi connectivity index (χ2v) is 13.1. The van der Waals surface area contributed by atoms with Crippen molar-refractivity contribution < 1.29 is 19.5 Å². The molecule has 0 spiro atoms. The van der Waals surface area contributed by atoms with Crippen molar-refractivity contribution in [2.75, 3.05) is 0 Å². The smallest absolute Gasteiger partial charge is 0.166 e. The van der Waals surface area contributed by atoms with Gasteiger partial charge in [0, 0.05) is 43.8 Å². The highest BCUT2D eigenvalue weighted by molar-refractivity contribution is 6.12. The summed E-state index contributed by atoms with van der Waals surface area (Å²) in [5.74, 6) is 0.884. The molecule has 262 valence electrons. The Balaban J connectivity index is 1.29. The lowest BCUT2D eigenvalue weighted by Crippen LogP contribution is -2.04. The fraction of sp³-hybridized carbons (Fsp3) is 0. The first kappa shape index (κ1) is 22.6. The molecule has 56 heavy (non-hydrogen) atoms. The minimum atomic E-state index is -0.683. The molecule has 0 unspecified atom stereocenters. The lowest BCUT2D eigenvalue weighted by atomic mass is 9.98. The van der Waals surface area contributed by atoms with Gasteiger partial charge in [0.2, 0.25) is 0 Å². The third-order valence-electron chi connectivity index (χ3n) is 9.85. The molecule has 0 atom stereocenters. The van der Waals surface area contributed by atoms with Crippen molar-refractivity contribution >= 4 is 43.7 Å². The van der Waals surface area contributed by atoms with Crippen LogP contribution in [0.1, 0.15) is 15.1 Å². The predicted octanol–water partition coefficient (Wildman–Crippen LogP) is 13.2. The zero-order chi connectivity index (χ0) is 46.6. The number of hydrogen-bond acceptors (Lipinski definition) is 4. The van der Waals surface area contributed by atoms with Crippen LogP contribution in [0.3, 0.4) is 0 Å². The molecule has 5 nitrogen and oxygen atoms in total. The minimum Gasteiger partial charge on any atom is -0.455 e. The van der Waals surface area contributed by atoms with Gasteiger partial charge in [-0.15, -0.1) is 0 Å². The van der Waals surface area contributed by atoms with E-state index in [9.17, 15) is 6.85 Å². The second kappa shape index (κ2) is 13.0. The molecule has 0 aliphatic heterocycles. The highest BCUT2D eigenvalue weighted by atomic mass is 16.3. The summed E-state index contributed by atoms with van der Waals surface area (Å²) in [6.45, 7) is 0. The van der Waals surface area contributed by atoms with Crippen LogP contribution in [0.4, 0.5) is 0 Å². The summed E-state index contributed by atoms with van der Waals surface area (Å²) in [6.07, 6.45) is 0. The molecule has 0 aliphatic rings. The lowest BCUT2D eigenvalue weighted by Gasteiger charge is -2.16. The zero-order valence-corrected chi connectivity index (χ0v) is 29.3. The van der Waals surface area contributed by atoms with Gasteiger partial charge in [-0.3, -0.25) is 0 Å². The largest absolute Gasteiger partial charge is 0.455 e. The quantitative estimate of drug-likeness (QED) is 0.171. The Morgan fingerprint density at radius 2 is 1.12 bits per heavy atom. The summed E-state index contributed by atoms with van der Waals surface area (Å²) < 4.78 is 107. The number of rotatable bonds is 6. The van der Waals surface area contributed by atoms with E-state index in [-0.39, 0.29) is 45.8 Å². The van der Waals surface area contributed by atoms with Crippen molar-refractivity contribution in [1.29, 1.82) is 0 Å². The maximum absolute atomic E-state index is 9.73. The van der Waals surface area contributed by atoms with E-state index >= 15 is 0 Å². The molecule has 0 saturated heterocycles. The average Bonchev–Trinajstić information content (AvgIpc) is 3.93. The zero-order valence-electron chi connectivity index (χ0n) is 40.3. The molecule has 0 saturated carbocycles. The normalized spacial score (nSPS) is 14.3. The molecule has 0 amide bonds. The summed E-state index contributed by atoms with van der Waals surface area (Å²) in [4.78, 5) is 15.1. The second-order valence-electron chi connectivity index (χ2n) is 13.1. The van der Waals surface area contributed by atoms with Gasteiger partial charge in [0.15, 0.2) is 17.5 Å². The fourth-order valence-electron chi connectivity index (χ4n) is 7.28. The predicted molar refractivity (Wildman–Crippen MR) is 229 cm³/mol. The van der Waals surface area contributed by atoms with Crippen LogP contribution in [0.5, 0.6) is 0 Å². The maximum atomic E-state index is 9.73. The monoisotopic (exact) mass is 727 g/mol. The molecule has 0 aliphatic carbocycles. The Hall–Kier alpha value is -7.63. The molecule has 3 aromatic heterocycles. The molecular formula is C51H32N4O. The van der Waals surface area contributed by atoms with Crippen molar-refractivity contribution in [3.8, 4) is 62.1 Å². The van der Waals surface area contributed by atoms with Crippen LogP contribution in [0.15, 0.2) is 198 Å². The number of nitrogens with zero attached hydrogens (tertiary/aromatic N) is 4. The third-order valence-corrected chi connectivity index (χ3v) is 9.85. The third kappa shape index (κ3) is 5.29. The van der Waals surface area contributed by atoms with E-state index in [0.29, 0.717) is 50.8 Å². The number of furan rings is 1. The van der Waals surface area contributed by atoms with Gasteiger partial charge in [0.1, 0.15) is 11.2 Å². The van der Waals surface area contributed by atoms with E-state index in [4.69, 9.17) is 27.6 Å².